The van der Waals surface area contributed by atoms with E-state index in [-0.39, 0.29) is 17.9 Å². The van der Waals surface area contributed by atoms with Gasteiger partial charge in [-0.1, -0.05) is 12.0 Å². The monoisotopic (exact) mass is 431 g/mol. The smallest absolute Gasteiger partial charge is 0.271 e. The van der Waals surface area contributed by atoms with Gasteiger partial charge in [0.25, 0.3) is 11.6 Å². The van der Waals surface area contributed by atoms with E-state index in [1.165, 1.54) is 37.6 Å². The summed E-state index contributed by atoms with van der Waals surface area (Å²) in [6.07, 6.45) is 6.58. The van der Waals surface area contributed by atoms with Crippen molar-refractivity contribution < 1.29 is 19.2 Å². The van der Waals surface area contributed by atoms with Crippen LogP contribution in [-0.2, 0) is 0 Å². The van der Waals surface area contributed by atoms with Gasteiger partial charge in [-0.05, 0) is 39.7 Å². The number of nitrogens with zero attached hydrogens (tertiary/aromatic N) is 2. The molecule has 0 atom stereocenters. The number of ether oxygens (including phenoxy) is 2. The number of methoxy groups -OCH3 is 1. The van der Waals surface area contributed by atoms with E-state index in [9.17, 15) is 14.9 Å². The molecule has 0 aromatic heterocycles. The molecule has 0 aliphatic carbocycles. The largest absolute Gasteiger partial charge is 0.493 e. The highest BCUT2D eigenvalue weighted by molar-refractivity contribution is 9.10. The first-order valence-corrected chi connectivity index (χ1v) is 8.27. The summed E-state index contributed by atoms with van der Waals surface area (Å²) in [4.78, 5) is 22.2. The molecule has 9 heteroatoms. The lowest BCUT2D eigenvalue weighted by Crippen LogP contribution is -2.17. The maximum Gasteiger partial charge on any atom is 0.271 e. The molecule has 1 amide bonds. The molecule has 0 aliphatic heterocycles. The van der Waals surface area contributed by atoms with Crippen molar-refractivity contribution in [3.63, 3.8) is 0 Å². The van der Waals surface area contributed by atoms with E-state index >= 15 is 0 Å². The van der Waals surface area contributed by atoms with Crippen molar-refractivity contribution in [3.8, 4) is 23.8 Å². The van der Waals surface area contributed by atoms with Crippen LogP contribution >= 0.6 is 15.9 Å². The van der Waals surface area contributed by atoms with Gasteiger partial charge in [0.1, 0.15) is 6.61 Å². The molecule has 1 N–H and O–H groups in total. The average molecular weight is 432 g/mol. The van der Waals surface area contributed by atoms with E-state index in [2.05, 4.69) is 32.4 Å². The van der Waals surface area contributed by atoms with E-state index in [0.29, 0.717) is 21.5 Å². The van der Waals surface area contributed by atoms with Crippen molar-refractivity contribution in [2.45, 2.75) is 0 Å². The van der Waals surface area contributed by atoms with Crippen LogP contribution < -0.4 is 14.9 Å². The molecule has 138 valence electrons. The predicted octanol–water partition coefficient (Wildman–Crippen LogP) is 3.14. The Morgan fingerprint density at radius 2 is 2.22 bits per heavy atom. The molecule has 0 bridgehead atoms. The lowest BCUT2D eigenvalue weighted by Gasteiger charge is -2.11. The number of carbonyl (C=O) groups is 1. The number of carbonyl (C=O) groups excluding carboxylic acids is 1. The maximum atomic E-state index is 12.1. The summed E-state index contributed by atoms with van der Waals surface area (Å²) >= 11 is 3.36. The molecule has 27 heavy (non-hydrogen) atoms. The fourth-order valence-corrected chi connectivity index (χ4v) is 2.63. The van der Waals surface area contributed by atoms with Gasteiger partial charge in [0, 0.05) is 17.7 Å². The summed E-state index contributed by atoms with van der Waals surface area (Å²) < 4.78 is 11.3. The van der Waals surface area contributed by atoms with Crippen LogP contribution in [0, 0.1) is 22.5 Å². The average Bonchev–Trinajstić information content (AvgIpc) is 2.66. The quantitative estimate of drug-likeness (QED) is 0.314. The number of nitro groups is 1. The van der Waals surface area contributed by atoms with Crippen LogP contribution in [0.3, 0.4) is 0 Å². The molecule has 0 saturated carbocycles. The number of amides is 1. The van der Waals surface area contributed by atoms with Crippen LogP contribution in [0.5, 0.6) is 11.5 Å². The van der Waals surface area contributed by atoms with Crippen molar-refractivity contribution >= 4 is 33.7 Å². The Morgan fingerprint density at radius 1 is 1.44 bits per heavy atom. The number of rotatable bonds is 7. The molecule has 0 heterocycles. The lowest BCUT2D eigenvalue weighted by atomic mass is 10.2. The maximum absolute atomic E-state index is 12.1. The normalized spacial score (nSPS) is 10.3. The number of nitrogens with one attached hydrogen (secondary N) is 1. The van der Waals surface area contributed by atoms with E-state index in [1.807, 2.05) is 0 Å². The van der Waals surface area contributed by atoms with Gasteiger partial charge >= 0.3 is 0 Å². The standard InChI is InChI=1S/C18H14BrN3O5/c1-3-7-27-17-15(19)8-12(9-16(17)26-2)11-20-21-18(23)13-5-4-6-14(10-13)22(24)25/h1,4-6,8-11H,7H2,2H3,(H,21,23)/b20-11-. The molecule has 0 aliphatic rings. The number of nitro benzene ring substituents is 1. The van der Waals surface area contributed by atoms with Crippen molar-refractivity contribution in [3.05, 3.63) is 62.1 Å². The van der Waals surface area contributed by atoms with Crippen molar-refractivity contribution in [2.24, 2.45) is 5.10 Å². The third-order valence-electron chi connectivity index (χ3n) is 3.25. The first-order valence-electron chi connectivity index (χ1n) is 7.48. The number of benzene rings is 2. The Morgan fingerprint density at radius 3 is 2.89 bits per heavy atom. The number of hydrogen-bond donors (Lipinski definition) is 1. The highest BCUT2D eigenvalue weighted by Gasteiger charge is 2.12. The molecular formula is C18H14BrN3O5. The lowest BCUT2D eigenvalue weighted by molar-refractivity contribution is -0.384. The van der Waals surface area contributed by atoms with Crippen molar-refractivity contribution in [1.29, 1.82) is 0 Å². The topological polar surface area (TPSA) is 103 Å². The molecule has 0 spiro atoms. The molecule has 8 nitrogen and oxygen atoms in total. The molecular weight excluding hydrogens is 418 g/mol. The van der Waals surface area contributed by atoms with Crippen molar-refractivity contribution in [1.82, 2.24) is 5.43 Å². The van der Waals surface area contributed by atoms with E-state index < -0.39 is 10.8 Å². The second-order valence-corrected chi connectivity index (χ2v) is 5.89. The Hall–Kier alpha value is -3.38. The van der Waals surface area contributed by atoms with Gasteiger partial charge in [-0.3, -0.25) is 14.9 Å². The van der Waals surface area contributed by atoms with Gasteiger partial charge in [0.05, 0.1) is 22.7 Å². The van der Waals surface area contributed by atoms with Crippen LogP contribution in [0.4, 0.5) is 5.69 Å². The zero-order chi connectivity index (χ0) is 19.8. The Balaban J connectivity index is 2.13. The van der Waals surface area contributed by atoms with Crippen LogP contribution in [0.15, 0.2) is 46.0 Å². The minimum absolute atomic E-state index is 0.0850. The predicted molar refractivity (Wildman–Crippen MR) is 103 cm³/mol. The zero-order valence-electron chi connectivity index (χ0n) is 14.1. The summed E-state index contributed by atoms with van der Waals surface area (Å²) in [6, 6.07) is 8.70. The van der Waals surface area contributed by atoms with Gasteiger partial charge in [0.15, 0.2) is 11.5 Å². The zero-order valence-corrected chi connectivity index (χ0v) is 15.7. The number of terminal acetylenes is 1. The molecule has 0 radical (unpaired) electrons. The van der Waals surface area contributed by atoms with Crippen LogP contribution in [-0.4, -0.2) is 30.8 Å². The summed E-state index contributed by atoms with van der Waals surface area (Å²) in [7, 11) is 1.48. The number of non-ortho nitro benzene ring substituents is 1. The number of hydrazone groups is 1. The van der Waals surface area contributed by atoms with E-state index in [1.54, 1.807) is 12.1 Å². The minimum Gasteiger partial charge on any atom is -0.493 e. The Bertz CT molecular complexity index is 937. The summed E-state index contributed by atoms with van der Waals surface area (Å²) in [5, 5.41) is 14.6. The molecule has 0 unspecified atom stereocenters. The van der Waals surface area contributed by atoms with Crippen LogP contribution in [0.1, 0.15) is 15.9 Å². The van der Waals surface area contributed by atoms with Gasteiger partial charge in [-0.2, -0.15) is 5.10 Å². The summed E-state index contributed by atoms with van der Waals surface area (Å²) in [5.41, 5.74) is 2.88. The number of hydrogen-bond acceptors (Lipinski definition) is 6. The first-order chi connectivity index (χ1) is 13.0. The minimum atomic E-state index is -0.576. The van der Waals surface area contributed by atoms with Gasteiger partial charge in [-0.15, -0.1) is 6.42 Å². The van der Waals surface area contributed by atoms with E-state index in [0.717, 1.165) is 0 Å². The van der Waals surface area contributed by atoms with Crippen molar-refractivity contribution in [2.75, 3.05) is 13.7 Å². The van der Waals surface area contributed by atoms with Gasteiger partial charge in [-0.25, -0.2) is 5.43 Å². The summed E-state index contributed by atoms with van der Waals surface area (Å²) in [5.74, 6) is 2.68. The third-order valence-corrected chi connectivity index (χ3v) is 3.84. The highest BCUT2D eigenvalue weighted by atomic mass is 79.9. The molecule has 0 fully saturated rings. The third kappa shape index (κ3) is 5.29. The highest BCUT2D eigenvalue weighted by Crippen LogP contribution is 2.36. The number of halogens is 1. The second kappa shape index (κ2) is 9.35. The van der Waals surface area contributed by atoms with E-state index in [4.69, 9.17) is 15.9 Å². The Kier molecular flexibility index (Phi) is 6.91. The fourth-order valence-electron chi connectivity index (χ4n) is 2.06. The molecule has 2 rings (SSSR count). The van der Waals surface area contributed by atoms with Gasteiger partial charge in [0.2, 0.25) is 0 Å². The van der Waals surface area contributed by atoms with Crippen LogP contribution in [0.2, 0.25) is 0 Å². The summed E-state index contributed by atoms with van der Waals surface area (Å²) in [6.45, 7) is 0.0850. The Labute approximate surface area is 163 Å². The molecule has 2 aromatic rings. The molecule has 2 aromatic carbocycles. The molecule has 0 saturated heterocycles. The second-order valence-electron chi connectivity index (χ2n) is 5.03. The van der Waals surface area contributed by atoms with Gasteiger partial charge < -0.3 is 9.47 Å². The first kappa shape index (κ1) is 19.9. The van der Waals surface area contributed by atoms with Crippen LogP contribution in [0.25, 0.3) is 0 Å². The SMILES string of the molecule is C#CCOc1c(Br)cc(/C=N\NC(=O)c2cccc([N+](=O)[O-])c2)cc1OC. The fraction of sp³-hybridized carbons (Fsp3) is 0.111.